The monoisotopic (exact) mass is 390 g/mol. The third-order valence-corrected chi connectivity index (χ3v) is 4.31. The van der Waals surface area contributed by atoms with Crippen molar-refractivity contribution in [1.29, 1.82) is 5.26 Å². The van der Waals surface area contributed by atoms with E-state index in [2.05, 4.69) is 4.98 Å². The molecule has 0 fully saturated rings. The van der Waals surface area contributed by atoms with Gasteiger partial charge in [0, 0.05) is 17.3 Å². The number of hydrogen-bond donors (Lipinski definition) is 1. The van der Waals surface area contributed by atoms with Crippen LogP contribution in [-0.4, -0.2) is 25.3 Å². The minimum atomic E-state index is -0.415. The zero-order valence-electron chi connectivity index (χ0n) is 16.4. The third kappa shape index (κ3) is 5.24. The Balaban J connectivity index is 1.73. The first-order valence-corrected chi connectivity index (χ1v) is 9.18. The van der Waals surface area contributed by atoms with E-state index >= 15 is 0 Å². The Bertz CT molecular complexity index is 1070. The predicted octanol–water partition coefficient (Wildman–Crippen LogP) is 3.83. The van der Waals surface area contributed by atoms with Gasteiger partial charge in [0.15, 0.2) is 0 Å². The largest absolute Gasteiger partial charge is 0.497 e. The summed E-state index contributed by atoms with van der Waals surface area (Å²) in [4.78, 5) is 14.8. The van der Waals surface area contributed by atoms with Gasteiger partial charge in [-0.1, -0.05) is 30.3 Å². The lowest BCUT2D eigenvalue weighted by Crippen LogP contribution is -2.12. The van der Waals surface area contributed by atoms with Crippen molar-refractivity contribution < 1.29 is 14.2 Å². The zero-order valence-corrected chi connectivity index (χ0v) is 16.4. The Labute approximate surface area is 169 Å². The van der Waals surface area contributed by atoms with Crippen molar-refractivity contribution in [2.75, 3.05) is 20.3 Å². The highest BCUT2D eigenvalue weighted by atomic mass is 16.5. The molecule has 0 saturated carbocycles. The van der Waals surface area contributed by atoms with E-state index in [1.807, 2.05) is 36.4 Å². The number of H-pyrrole nitrogens is 1. The number of aromatic amines is 1. The highest BCUT2D eigenvalue weighted by Crippen LogP contribution is 2.31. The van der Waals surface area contributed by atoms with Crippen LogP contribution in [0, 0.1) is 18.3 Å². The number of ether oxygens (including phenoxy) is 3. The molecule has 1 heterocycles. The van der Waals surface area contributed by atoms with Crippen LogP contribution in [0.4, 0.5) is 0 Å². The predicted molar refractivity (Wildman–Crippen MR) is 110 cm³/mol. The highest BCUT2D eigenvalue weighted by Gasteiger charge is 2.13. The second kappa shape index (κ2) is 9.58. The van der Waals surface area contributed by atoms with Crippen LogP contribution in [0.5, 0.6) is 11.5 Å². The normalized spacial score (nSPS) is 10.4. The number of pyridine rings is 1. The summed E-state index contributed by atoms with van der Waals surface area (Å²) >= 11 is 0. The first-order valence-electron chi connectivity index (χ1n) is 9.18. The van der Waals surface area contributed by atoms with Gasteiger partial charge in [0.25, 0.3) is 5.56 Å². The standard InChI is InChI=1S/C23H22N2O4/c1-16-10-21(22(14-24)23(26)25-16)18-11-19(27-2)13-20(12-18)29-9-8-28-15-17-6-4-3-5-7-17/h3-7,10-13H,8-9,15H2,1-2H3,(H,25,26). The molecular formula is C23H22N2O4. The Kier molecular flexibility index (Phi) is 6.67. The topological polar surface area (TPSA) is 84.3 Å². The number of benzene rings is 2. The average Bonchev–Trinajstić information content (AvgIpc) is 2.73. The third-order valence-electron chi connectivity index (χ3n) is 4.31. The summed E-state index contributed by atoms with van der Waals surface area (Å²) in [5, 5.41) is 9.39. The van der Waals surface area contributed by atoms with Gasteiger partial charge in [0.1, 0.15) is 29.7 Å². The van der Waals surface area contributed by atoms with Gasteiger partial charge in [-0.3, -0.25) is 4.79 Å². The summed E-state index contributed by atoms with van der Waals surface area (Å²) in [5.41, 5.74) is 2.63. The van der Waals surface area contributed by atoms with E-state index in [0.717, 1.165) is 5.56 Å². The summed E-state index contributed by atoms with van der Waals surface area (Å²) in [6.45, 7) is 3.08. The van der Waals surface area contributed by atoms with Crippen molar-refractivity contribution in [3.63, 3.8) is 0 Å². The van der Waals surface area contributed by atoms with Crippen LogP contribution < -0.4 is 15.0 Å². The zero-order chi connectivity index (χ0) is 20.6. The molecule has 3 rings (SSSR count). The van der Waals surface area contributed by atoms with Crippen LogP contribution in [0.15, 0.2) is 59.4 Å². The lowest BCUT2D eigenvalue weighted by Gasteiger charge is -2.12. The molecule has 0 amide bonds. The molecule has 1 N–H and O–H groups in total. The van der Waals surface area contributed by atoms with Gasteiger partial charge < -0.3 is 19.2 Å². The molecule has 148 valence electrons. The number of rotatable bonds is 8. The van der Waals surface area contributed by atoms with E-state index < -0.39 is 5.56 Å². The minimum Gasteiger partial charge on any atom is -0.497 e. The maximum atomic E-state index is 12.1. The summed E-state index contributed by atoms with van der Waals surface area (Å²) < 4.78 is 16.8. The smallest absolute Gasteiger partial charge is 0.266 e. The Morgan fingerprint density at radius 2 is 1.79 bits per heavy atom. The molecule has 6 heteroatoms. The molecule has 3 aromatic rings. The summed E-state index contributed by atoms with van der Waals surface area (Å²) in [6.07, 6.45) is 0. The second-order valence-electron chi connectivity index (χ2n) is 6.47. The van der Waals surface area contributed by atoms with Crippen LogP contribution in [0.2, 0.25) is 0 Å². The van der Waals surface area contributed by atoms with E-state index in [9.17, 15) is 10.1 Å². The fourth-order valence-corrected chi connectivity index (χ4v) is 2.94. The first kappa shape index (κ1) is 20.2. The van der Waals surface area contributed by atoms with E-state index in [1.54, 1.807) is 38.3 Å². The molecule has 0 radical (unpaired) electrons. The molecule has 0 unspecified atom stereocenters. The summed E-state index contributed by atoms with van der Waals surface area (Å²) in [6, 6.07) is 19.0. The summed E-state index contributed by atoms with van der Waals surface area (Å²) in [7, 11) is 1.56. The van der Waals surface area contributed by atoms with Gasteiger partial charge in [0.2, 0.25) is 0 Å². The van der Waals surface area contributed by atoms with Gasteiger partial charge in [0.05, 0.1) is 20.3 Å². The Hall–Kier alpha value is -3.56. The molecule has 1 aromatic heterocycles. The van der Waals surface area contributed by atoms with Crippen LogP contribution in [0.3, 0.4) is 0 Å². The van der Waals surface area contributed by atoms with Crippen molar-refractivity contribution in [3.05, 3.63) is 81.8 Å². The lowest BCUT2D eigenvalue weighted by molar-refractivity contribution is 0.0888. The number of aromatic nitrogens is 1. The van der Waals surface area contributed by atoms with Crippen LogP contribution in [0.1, 0.15) is 16.8 Å². The number of nitrogens with zero attached hydrogens (tertiary/aromatic N) is 1. The lowest BCUT2D eigenvalue weighted by atomic mass is 10.0. The first-order chi connectivity index (χ1) is 14.1. The molecule has 0 atom stereocenters. The summed E-state index contributed by atoms with van der Waals surface area (Å²) in [5.74, 6) is 1.15. The van der Waals surface area contributed by atoms with Crippen LogP contribution >= 0.6 is 0 Å². The second-order valence-corrected chi connectivity index (χ2v) is 6.47. The van der Waals surface area contributed by atoms with Crippen molar-refractivity contribution in [2.24, 2.45) is 0 Å². The van der Waals surface area contributed by atoms with Crippen molar-refractivity contribution in [2.45, 2.75) is 13.5 Å². The van der Waals surface area contributed by atoms with Crippen molar-refractivity contribution >= 4 is 0 Å². The number of nitrogens with one attached hydrogen (secondary N) is 1. The van der Waals surface area contributed by atoms with E-state index in [-0.39, 0.29) is 5.56 Å². The number of nitriles is 1. The fourth-order valence-electron chi connectivity index (χ4n) is 2.94. The molecule has 2 aromatic carbocycles. The van der Waals surface area contributed by atoms with Crippen LogP contribution in [0.25, 0.3) is 11.1 Å². The molecule has 0 bridgehead atoms. The Morgan fingerprint density at radius 1 is 1.03 bits per heavy atom. The quantitative estimate of drug-likeness (QED) is 0.591. The van der Waals surface area contributed by atoms with Gasteiger partial charge >= 0.3 is 0 Å². The van der Waals surface area contributed by atoms with Gasteiger partial charge in [-0.25, -0.2) is 0 Å². The molecule has 0 aliphatic carbocycles. The number of hydrogen-bond acceptors (Lipinski definition) is 5. The van der Waals surface area contributed by atoms with E-state index in [4.69, 9.17) is 14.2 Å². The molecule has 0 aliphatic rings. The number of methoxy groups -OCH3 is 1. The van der Waals surface area contributed by atoms with E-state index in [0.29, 0.717) is 48.1 Å². The van der Waals surface area contributed by atoms with Gasteiger partial charge in [-0.2, -0.15) is 5.26 Å². The SMILES string of the molecule is COc1cc(OCCOCc2ccccc2)cc(-c2cc(C)[nH]c(=O)c2C#N)c1. The van der Waals surface area contributed by atoms with Crippen molar-refractivity contribution in [1.82, 2.24) is 4.98 Å². The average molecular weight is 390 g/mol. The molecular weight excluding hydrogens is 368 g/mol. The fraction of sp³-hybridized carbons (Fsp3) is 0.217. The number of aryl methyl sites for hydroxylation is 1. The molecule has 6 nitrogen and oxygen atoms in total. The molecule has 29 heavy (non-hydrogen) atoms. The molecule has 0 saturated heterocycles. The van der Waals surface area contributed by atoms with E-state index in [1.165, 1.54) is 0 Å². The van der Waals surface area contributed by atoms with Crippen molar-refractivity contribution in [3.8, 4) is 28.7 Å². The van der Waals surface area contributed by atoms with Gasteiger partial charge in [-0.15, -0.1) is 0 Å². The maximum absolute atomic E-state index is 12.1. The molecule has 0 aliphatic heterocycles. The molecule has 0 spiro atoms. The van der Waals surface area contributed by atoms with Gasteiger partial charge in [-0.05, 0) is 36.2 Å². The Morgan fingerprint density at radius 3 is 2.52 bits per heavy atom. The maximum Gasteiger partial charge on any atom is 0.266 e. The minimum absolute atomic E-state index is 0.0565. The highest BCUT2D eigenvalue weighted by molar-refractivity contribution is 5.73. The van der Waals surface area contributed by atoms with Crippen LogP contribution in [-0.2, 0) is 11.3 Å².